The molecule has 0 radical (unpaired) electrons. The zero-order chi connectivity index (χ0) is 12.9. The van der Waals surface area contributed by atoms with Gasteiger partial charge in [0, 0.05) is 31.7 Å². The summed E-state index contributed by atoms with van der Waals surface area (Å²) < 4.78 is 5.62. The van der Waals surface area contributed by atoms with Crippen molar-refractivity contribution in [3.63, 3.8) is 0 Å². The Morgan fingerprint density at radius 1 is 1.35 bits per heavy atom. The van der Waals surface area contributed by atoms with Gasteiger partial charge in [0.25, 0.3) is 0 Å². The molecule has 4 heteroatoms. The Hall–Kier alpha value is -0.160. The Bertz CT molecular complexity index is 225. The van der Waals surface area contributed by atoms with Gasteiger partial charge >= 0.3 is 0 Å². The molecule has 0 saturated carbocycles. The van der Waals surface area contributed by atoms with Crippen molar-refractivity contribution in [3.8, 4) is 0 Å². The number of nitrogens with zero attached hydrogens (tertiary/aromatic N) is 1. The SMILES string of the molecule is CCCC(C)(CO)CN1CC(C)OC(CO)C1. The number of ether oxygens (including phenoxy) is 1. The molecule has 1 rings (SSSR count). The van der Waals surface area contributed by atoms with Gasteiger partial charge < -0.3 is 14.9 Å². The molecule has 0 aromatic carbocycles. The minimum Gasteiger partial charge on any atom is -0.396 e. The maximum absolute atomic E-state index is 9.53. The molecule has 0 bridgehead atoms. The predicted octanol–water partition coefficient (Wildman–Crippen LogP) is 0.867. The van der Waals surface area contributed by atoms with Crippen molar-refractivity contribution in [3.05, 3.63) is 0 Å². The summed E-state index contributed by atoms with van der Waals surface area (Å²) in [5, 5.41) is 18.7. The molecular formula is C13H27NO3. The molecule has 0 aliphatic carbocycles. The van der Waals surface area contributed by atoms with Crippen LogP contribution in [0.15, 0.2) is 0 Å². The van der Waals surface area contributed by atoms with Crippen LogP contribution in [0.4, 0.5) is 0 Å². The summed E-state index contributed by atoms with van der Waals surface area (Å²) in [4.78, 5) is 2.31. The van der Waals surface area contributed by atoms with Crippen LogP contribution in [-0.2, 0) is 4.74 Å². The average molecular weight is 245 g/mol. The number of hydrogen-bond donors (Lipinski definition) is 2. The fourth-order valence-corrected chi connectivity index (χ4v) is 2.72. The Morgan fingerprint density at radius 2 is 2.06 bits per heavy atom. The van der Waals surface area contributed by atoms with E-state index in [1.807, 2.05) is 6.92 Å². The van der Waals surface area contributed by atoms with E-state index in [9.17, 15) is 10.2 Å². The molecule has 2 N–H and O–H groups in total. The van der Waals surface area contributed by atoms with Gasteiger partial charge in [0.1, 0.15) is 0 Å². The van der Waals surface area contributed by atoms with Crippen LogP contribution < -0.4 is 0 Å². The molecule has 1 saturated heterocycles. The maximum Gasteiger partial charge on any atom is 0.0936 e. The van der Waals surface area contributed by atoms with Crippen molar-refractivity contribution in [2.45, 2.75) is 45.8 Å². The summed E-state index contributed by atoms with van der Waals surface area (Å²) in [5.74, 6) is 0. The molecule has 102 valence electrons. The molecule has 4 nitrogen and oxygen atoms in total. The van der Waals surface area contributed by atoms with Crippen molar-refractivity contribution >= 4 is 0 Å². The van der Waals surface area contributed by atoms with Gasteiger partial charge in [-0.25, -0.2) is 0 Å². The highest BCUT2D eigenvalue weighted by atomic mass is 16.5. The third-order valence-corrected chi connectivity index (χ3v) is 3.45. The molecule has 3 atom stereocenters. The predicted molar refractivity (Wildman–Crippen MR) is 68.0 cm³/mol. The fraction of sp³-hybridized carbons (Fsp3) is 1.00. The summed E-state index contributed by atoms with van der Waals surface area (Å²) in [5.41, 5.74) is -0.0359. The number of hydrogen-bond acceptors (Lipinski definition) is 4. The Morgan fingerprint density at radius 3 is 2.59 bits per heavy atom. The van der Waals surface area contributed by atoms with Gasteiger partial charge in [0.05, 0.1) is 18.8 Å². The largest absolute Gasteiger partial charge is 0.396 e. The van der Waals surface area contributed by atoms with Crippen molar-refractivity contribution in [2.75, 3.05) is 32.8 Å². The monoisotopic (exact) mass is 245 g/mol. The third kappa shape index (κ3) is 4.54. The van der Waals surface area contributed by atoms with Crippen LogP contribution in [0.1, 0.15) is 33.6 Å². The van der Waals surface area contributed by atoms with Gasteiger partial charge in [-0.1, -0.05) is 20.3 Å². The van der Waals surface area contributed by atoms with Crippen molar-refractivity contribution in [1.29, 1.82) is 0 Å². The van der Waals surface area contributed by atoms with E-state index >= 15 is 0 Å². The lowest BCUT2D eigenvalue weighted by atomic mass is 9.85. The first-order valence-electron chi connectivity index (χ1n) is 6.62. The molecule has 1 heterocycles. The molecular weight excluding hydrogens is 218 g/mol. The van der Waals surface area contributed by atoms with Gasteiger partial charge in [0.15, 0.2) is 0 Å². The van der Waals surface area contributed by atoms with Gasteiger partial charge in [0.2, 0.25) is 0 Å². The van der Waals surface area contributed by atoms with Crippen molar-refractivity contribution < 1.29 is 14.9 Å². The van der Waals surface area contributed by atoms with E-state index in [1.54, 1.807) is 0 Å². The van der Waals surface area contributed by atoms with Crippen molar-refractivity contribution in [1.82, 2.24) is 4.90 Å². The van der Waals surface area contributed by atoms with E-state index in [2.05, 4.69) is 18.7 Å². The second-order valence-electron chi connectivity index (χ2n) is 5.66. The summed E-state index contributed by atoms with van der Waals surface area (Å²) >= 11 is 0. The highest BCUT2D eigenvalue weighted by Crippen LogP contribution is 2.25. The zero-order valence-corrected chi connectivity index (χ0v) is 11.4. The highest BCUT2D eigenvalue weighted by molar-refractivity contribution is 4.82. The summed E-state index contributed by atoms with van der Waals surface area (Å²) in [7, 11) is 0. The van der Waals surface area contributed by atoms with Crippen LogP contribution in [0.25, 0.3) is 0 Å². The van der Waals surface area contributed by atoms with Gasteiger partial charge in [-0.3, -0.25) is 4.90 Å². The highest BCUT2D eigenvalue weighted by Gasteiger charge is 2.31. The van der Waals surface area contributed by atoms with Crippen molar-refractivity contribution in [2.24, 2.45) is 5.41 Å². The lowest BCUT2D eigenvalue weighted by Gasteiger charge is -2.40. The van der Waals surface area contributed by atoms with Crippen LogP contribution in [0.2, 0.25) is 0 Å². The molecule has 0 spiro atoms. The van der Waals surface area contributed by atoms with E-state index in [1.165, 1.54) is 0 Å². The molecule has 1 fully saturated rings. The molecule has 1 aliphatic heterocycles. The second-order valence-corrected chi connectivity index (χ2v) is 5.66. The molecule has 0 aromatic rings. The van der Waals surface area contributed by atoms with Crippen LogP contribution >= 0.6 is 0 Å². The second kappa shape index (κ2) is 6.69. The van der Waals surface area contributed by atoms with E-state index in [0.717, 1.165) is 32.5 Å². The summed E-state index contributed by atoms with van der Waals surface area (Å²) in [6, 6.07) is 0. The normalized spacial score (nSPS) is 30.2. The first-order chi connectivity index (χ1) is 8.03. The van der Waals surface area contributed by atoms with Crippen LogP contribution in [-0.4, -0.2) is 60.2 Å². The molecule has 17 heavy (non-hydrogen) atoms. The van der Waals surface area contributed by atoms with Crippen LogP contribution in [0.3, 0.4) is 0 Å². The molecule has 0 amide bonds. The summed E-state index contributed by atoms with van der Waals surface area (Å²) in [6.07, 6.45) is 2.19. The standard InChI is InChI=1S/C13H27NO3/c1-4-5-13(3,10-16)9-14-6-11(2)17-12(7-14)8-15/h11-12,15-16H,4-10H2,1-3H3. The van der Waals surface area contributed by atoms with E-state index < -0.39 is 0 Å². The first kappa shape index (κ1) is 14.9. The van der Waals surface area contributed by atoms with Crippen LogP contribution in [0.5, 0.6) is 0 Å². The third-order valence-electron chi connectivity index (χ3n) is 3.45. The lowest BCUT2D eigenvalue weighted by molar-refractivity contribution is -0.105. The maximum atomic E-state index is 9.53. The first-order valence-corrected chi connectivity index (χ1v) is 6.62. The molecule has 3 unspecified atom stereocenters. The smallest absolute Gasteiger partial charge is 0.0936 e. The van der Waals surface area contributed by atoms with E-state index in [0.29, 0.717) is 0 Å². The minimum absolute atomic E-state index is 0.0359. The van der Waals surface area contributed by atoms with Gasteiger partial charge in [-0.15, -0.1) is 0 Å². The van der Waals surface area contributed by atoms with Gasteiger partial charge in [-0.2, -0.15) is 0 Å². The Balaban J connectivity index is 2.53. The number of rotatable bonds is 6. The van der Waals surface area contributed by atoms with E-state index in [-0.39, 0.29) is 30.8 Å². The number of aliphatic hydroxyl groups is 2. The minimum atomic E-state index is -0.0803. The molecule has 0 aromatic heterocycles. The fourth-order valence-electron chi connectivity index (χ4n) is 2.72. The Labute approximate surface area is 105 Å². The molecule has 1 aliphatic rings. The summed E-state index contributed by atoms with van der Waals surface area (Å²) in [6.45, 7) is 9.13. The number of aliphatic hydroxyl groups excluding tert-OH is 2. The van der Waals surface area contributed by atoms with E-state index in [4.69, 9.17) is 4.74 Å². The Kier molecular flexibility index (Phi) is 5.86. The lowest BCUT2D eigenvalue weighted by Crippen LogP contribution is -2.51. The average Bonchev–Trinajstić information content (AvgIpc) is 2.28. The zero-order valence-electron chi connectivity index (χ0n) is 11.4. The quantitative estimate of drug-likeness (QED) is 0.729. The topological polar surface area (TPSA) is 52.9 Å². The van der Waals surface area contributed by atoms with Crippen LogP contribution in [0, 0.1) is 5.41 Å². The number of morpholine rings is 1. The van der Waals surface area contributed by atoms with Gasteiger partial charge in [-0.05, 0) is 13.3 Å².